The molecule has 3 aromatic rings. The van der Waals surface area contributed by atoms with Crippen LogP contribution in [-0.4, -0.2) is 59.4 Å². The highest BCUT2D eigenvalue weighted by Crippen LogP contribution is 2.28. The van der Waals surface area contributed by atoms with Gasteiger partial charge in [0.15, 0.2) is 0 Å². The molecule has 2 aromatic carbocycles. The zero-order valence-electron chi connectivity index (χ0n) is 23.7. The SMILES string of the molecule is CO/N=C(\C)c1ccc2c(c1)CCN(CCC1CCC(NC(=O)c3cccc(-c4noc(C)n4)c3)CC1)CC2.Cl. The van der Waals surface area contributed by atoms with Gasteiger partial charge in [0.2, 0.25) is 11.7 Å². The fourth-order valence-corrected chi connectivity index (χ4v) is 5.86. The van der Waals surface area contributed by atoms with Crippen molar-refractivity contribution >= 4 is 24.0 Å². The van der Waals surface area contributed by atoms with E-state index < -0.39 is 0 Å². The normalized spacial score (nSPS) is 19.7. The third-order valence-corrected chi connectivity index (χ3v) is 8.19. The number of amides is 1. The molecule has 2 aliphatic rings. The van der Waals surface area contributed by atoms with Gasteiger partial charge in [0.05, 0.1) is 5.71 Å². The van der Waals surface area contributed by atoms with Crippen molar-refractivity contribution in [2.24, 2.45) is 11.1 Å². The van der Waals surface area contributed by atoms with Crippen molar-refractivity contribution in [1.29, 1.82) is 0 Å². The Morgan fingerprint density at radius 1 is 1.07 bits per heavy atom. The van der Waals surface area contributed by atoms with E-state index in [1.807, 2.05) is 31.2 Å². The second-order valence-corrected chi connectivity index (χ2v) is 10.9. The molecule has 5 rings (SSSR count). The lowest BCUT2D eigenvalue weighted by molar-refractivity contribution is 0.0920. The predicted octanol–water partition coefficient (Wildman–Crippen LogP) is 5.62. The van der Waals surface area contributed by atoms with Crippen LogP contribution in [0.25, 0.3) is 11.4 Å². The Hall–Kier alpha value is -3.23. The summed E-state index contributed by atoms with van der Waals surface area (Å²) in [4.78, 5) is 24.8. The number of hydrogen-bond donors (Lipinski definition) is 1. The molecule has 2 heterocycles. The molecule has 40 heavy (non-hydrogen) atoms. The molecule has 0 radical (unpaired) electrons. The van der Waals surface area contributed by atoms with Crippen molar-refractivity contribution in [3.05, 3.63) is 70.6 Å². The molecule has 0 unspecified atom stereocenters. The van der Waals surface area contributed by atoms with E-state index in [4.69, 9.17) is 9.36 Å². The van der Waals surface area contributed by atoms with Gasteiger partial charge in [-0.1, -0.05) is 34.6 Å². The van der Waals surface area contributed by atoms with Crippen molar-refractivity contribution in [3.8, 4) is 11.4 Å². The van der Waals surface area contributed by atoms with E-state index in [-0.39, 0.29) is 24.4 Å². The van der Waals surface area contributed by atoms with E-state index in [9.17, 15) is 4.79 Å². The highest BCUT2D eigenvalue weighted by atomic mass is 35.5. The summed E-state index contributed by atoms with van der Waals surface area (Å²) in [5, 5.41) is 11.3. The molecule has 0 atom stereocenters. The number of benzene rings is 2. The lowest BCUT2D eigenvalue weighted by atomic mass is 9.84. The lowest BCUT2D eigenvalue weighted by Gasteiger charge is -2.30. The van der Waals surface area contributed by atoms with Crippen molar-refractivity contribution in [2.45, 2.75) is 64.8 Å². The van der Waals surface area contributed by atoms with E-state index in [0.29, 0.717) is 17.3 Å². The number of halogens is 1. The van der Waals surface area contributed by atoms with Gasteiger partial charge in [-0.2, -0.15) is 4.98 Å². The second-order valence-electron chi connectivity index (χ2n) is 10.9. The van der Waals surface area contributed by atoms with Crippen molar-refractivity contribution < 1.29 is 14.2 Å². The molecule has 1 aliphatic carbocycles. The summed E-state index contributed by atoms with van der Waals surface area (Å²) in [6.07, 6.45) is 7.82. The molecule has 0 saturated heterocycles. The van der Waals surface area contributed by atoms with E-state index >= 15 is 0 Å². The molecule has 1 saturated carbocycles. The molecule has 214 valence electrons. The van der Waals surface area contributed by atoms with Crippen molar-refractivity contribution in [2.75, 3.05) is 26.7 Å². The maximum atomic E-state index is 12.9. The Morgan fingerprint density at radius 3 is 2.58 bits per heavy atom. The molecule has 0 bridgehead atoms. The Labute approximate surface area is 243 Å². The summed E-state index contributed by atoms with van der Waals surface area (Å²) >= 11 is 0. The molecule has 1 amide bonds. The number of nitrogens with one attached hydrogen (secondary N) is 1. The van der Waals surface area contributed by atoms with Crippen LogP contribution in [-0.2, 0) is 17.7 Å². The smallest absolute Gasteiger partial charge is 0.251 e. The third kappa shape index (κ3) is 7.49. The fraction of sp³-hybridized carbons (Fsp3) is 0.484. The molecule has 8 nitrogen and oxygen atoms in total. The van der Waals surface area contributed by atoms with Gasteiger partial charge in [-0.05, 0) is 99.2 Å². The quantitative estimate of drug-likeness (QED) is 0.282. The molecule has 1 aliphatic heterocycles. The first-order valence-corrected chi connectivity index (χ1v) is 14.1. The Kier molecular flexibility index (Phi) is 10.3. The van der Waals surface area contributed by atoms with E-state index in [0.717, 1.165) is 68.1 Å². The number of aryl methyl sites for hydroxylation is 1. The largest absolute Gasteiger partial charge is 0.399 e. The zero-order chi connectivity index (χ0) is 27.2. The summed E-state index contributed by atoms with van der Waals surface area (Å²) in [5.41, 5.74) is 6.38. The average molecular weight is 566 g/mol. The minimum absolute atomic E-state index is 0. The van der Waals surface area contributed by atoms with Crippen LogP contribution in [0.4, 0.5) is 0 Å². The summed E-state index contributed by atoms with van der Waals surface area (Å²) in [6.45, 7) is 7.11. The van der Waals surface area contributed by atoms with Gasteiger partial charge in [0.25, 0.3) is 5.91 Å². The minimum atomic E-state index is -0.0310. The number of carbonyl (C=O) groups excluding carboxylic acids is 1. The van der Waals surface area contributed by atoms with Crippen LogP contribution in [0, 0.1) is 12.8 Å². The molecule has 1 fully saturated rings. The van der Waals surface area contributed by atoms with Gasteiger partial charge >= 0.3 is 0 Å². The molecule has 1 N–H and O–H groups in total. The van der Waals surface area contributed by atoms with E-state index in [1.54, 1.807) is 14.0 Å². The van der Waals surface area contributed by atoms with Gasteiger partial charge < -0.3 is 19.6 Å². The van der Waals surface area contributed by atoms with Crippen LogP contribution in [0.15, 0.2) is 52.1 Å². The van der Waals surface area contributed by atoms with Crippen LogP contribution >= 0.6 is 12.4 Å². The maximum absolute atomic E-state index is 12.9. The Balaban J connectivity index is 0.00000370. The first-order valence-electron chi connectivity index (χ1n) is 14.1. The molecule has 0 spiro atoms. The Bertz CT molecular complexity index is 1320. The van der Waals surface area contributed by atoms with Gasteiger partial charge in [0.1, 0.15) is 7.11 Å². The molecular formula is C31H40ClN5O3. The number of hydrogen-bond acceptors (Lipinski definition) is 7. The van der Waals surface area contributed by atoms with E-state index in [2.05, 4.69) is 43.7 Å². The second kappa shape index (κ2) is 13.9. The summed E-state index contributed by atoms with van der Waals surface area (Å²) in [7, 11) is 1.59. The van der Waals surface area contributed by atoms with Gasteiger partial charge in [-0.3, -0.25) is 4.79 Å². The van der Waals surface area contributed by atoms with Crippen LogP contribution in [0.1, 0.15) is 72.0 Å². The van der Waals surface area contributed by atoms with E-state index in [1.165, 1.54) is 30.4 Å². The zero-order valence-corrected chi connectivity index (χ0v) is 24.5. The number of fused-ring (bicyclic) bond motifs is 1. The van der Waals surface area contributed by atoms with Gasteiger partial charge in [-0.15, -0.1) is 12.4 Å². The summed E-state index contributed by atoms with van der Waals surface area (Å²) in [6, 6.07) is 14.4. The van der Waals surface area contributed by atoms with Crippen LogP contribution in [0.2, 0.25) is 0 Å². The number of oxime groups is 1. The highest BCUT2D eigenvalue weighted by molar-refractivity contribution is 5.98. The summed E-state index contributed by atoms with van der Waals surface area (Å²) in [5.74, 6) is 1.72. The number of carbonyl (C=O) groups is 1. The van der Waals surface area contributed by atoms with Crippen LogP contribution < -0.4 is 5.32 Å². The summed E-state index contributed by atoms with van der Waals surface area (Å²) < 4.78 is 5.08. The minimum Gasteiger partial charge on any atom is -0.399 e. The monoisotopic (exact) mass is 565 g/mol. The maximum Gasteiger partial charge on any atom is 0.251 e. The molecular weight excluding hydrogens is 526 g/mol. The predicted molar refractivity (Wildman–Crippen MR) is 159 cm³/mol. The topological polar surface area (TPSA) is 92.8 Å². The molecule has 9 heteroatoms. The van der Waals surface area contributed by atoms with Gasteiger partial charge in [0, 0.05) is 37.2 Å². The standard InChI is InChI=1S/C31H39N5O3.ClH/c1-21(34-38-3)25-10-9-24-14-17-36(18-15-26(24)19-25)16-13-23-7-11-29(12-8-23)33-31(37)28-6-4-5-27(20-28)30-32-22(2)39-35-30;/h4-6,9-10,19-20,23,29H,7-8,11-18H2,1-3H3,(H,33,37);1H/b34-21+;. The number of nitrogens with zero attached hydrogens (tertiary/aromatic N) is 4. The first kappa shape index (κ1) is 29.7. The Morgan fingerprint density at radius 2 is 1.85 bits per heavy atom. The fourth-order valence-electron chi connectivity index (χ4n) is 5.86. The third-order valence-electron chi connectivity index (χ3n) is 8.19. The number of aromatic nitrogens is 2. The van der Waals surface area contributed by atoms with Crippen molar-refractivity contribution in [3.63, 3.8) is 0 Å². The van der Waals surface area contributed by atoms with Crippen LogP contribution in [0.5, 0.6) is 0 Å². The highest BCUT2D eigenvalue weighted by Gasteiger charge is 2.24. The van der Waals surface area contributed by atoms with Crippen molar-refractivity contribution in [1.82, 2.24) is 20.4 Å². The lowest BCUT2D eigenvalue weighted by Crippen LogP contribution is -2.38. The van der Waals surface area contributed by atoms with Gasteiger partial charge in [-0.25, -0.2) is 0 Å². The molecule has 1 aromatic heterocycles. The van der Waals surface area contributed by atoms with Crippen LogP contribution in [0.3, 0.4) is 0 Å². The average Bonchev–Trinajstić information content (AvgIpc) is 3.29. The number of rotatable bonds is 8. The first-order chi connectivity index (χ1) is 19.0.